The predicted molar refractivity (Wildman–Crippen MR) is 89.8 cm³/mol. The maximum Gasteiger partial charge on any atom is 0.119 e. The fraction of sp³-hybridized carbons (Fsp3) is 0.647. The first kappa shape index (κ1) is 18.3. The zero-order valence-corrected chi connectivity index (χ0v) is 14.2. The van der Waals surface area contributed by atoms with Crippen LogP contribution in [-0.4, -0.2) is 44.4 Å². The fourth-order valence-electron chi connectivity index (χ4n) is 2.36. The van der Waals surface area contributed by atoms with Crippen molar-refractivity contribution in [2.24, 2.45) is 0 Å². The van der Waals surface area contributed by atoms with Crippen LogP contribution in [0, 0.1) is 0 Å². The van der Waals surface area contributed by atoms with Gasteiger partial charge in [0.2, 0.25) is 0 Å². The molecule has 2 rings (SSSR count). The van der Waals surface area contributed by atoms with Crippen molar-refractivity contribution in [2.45, 2.75) is 32.6 Å². The predicted octanol–water partition coefficient (Wildman–Crippen LogP) is 3.51. The second-order valence-electron chi connectivity index (χ2n) is 6.43. The molecule has 0 saturated carbocycles. The summed E-state index contributed by atoms with van der Waals surface area (Å²) in [6, 6.07) is 8.46. The van der Waals surface area contributed by atoms with E-state index in [0.29, 0.717) is 0 Å². The highest BCUT2D eigenvalue weighted by molar-refractivity contribution is 5.85. The summed E-state index contributed by atoms with van der Waals surface area (Å²) in [7, 11) is 0. The molecule has 3 nitrogen and oxygen atoms in total. The molecular weight excluding hydrogens is 286 g/mol. The molecule has 1 aromatic carbocycles. The smallest absolute Gasteiger partial charge is 0.119 e. The Kier molecular flexibility index (Phi) is 7.50. The van der Waals surface area contributed by atoms with Crippen LogP contribution in [0.2, 0.25) is 0 Å². The lowest BCUT2D eigenvalue weighted by Crippen LogP contribution is -2.37. The van der Waals surface area contributed by atoms with Gasteiger partial charge in [-0.05, 0) is 29.5 Å². The third kappa shape index (κ3) is 6.25. The van der Waals surface area contributed by atoms with E-state index in [1.54, 1.807) is 0 Å². The Hall–Kier alpha value is -0.770. The summed E-state index contributed by atoms with van der Waals surface area (Å²) in [5, 5.41) is 0. The number of morpholine rings is 1. The molecule has 0 aliphatic carbocycles. The molecule has 4 heteroatoms. The molecule has 1 heterocycles. The largest absolute Gasteiger partial charge is 0.494 e. The molecule has 0 bridgehead atoms. The zero-order chi connectivity index (χ0) is 14.4. The SMILES string of the molecule is CC(C)(C)c1cccc(OCCCN2CCOCC2)c1.Cl. The van der Waals surface area contributed by atoms with Crippen LogP contribution < -0.4 is 4.74 Å². The molecule has 0 aromatic heterocycles. The Morgan fingerprint density at radius 2 is 1.90 bits per heavy atom. The molecule has 1 aliphatic rings. The molecule has 0 radical (unpaired) electrons. The first-order valence-electron chi connectivity index (χ1n) is 7.59. The van der Waals surface area contributed by atoms with Gasteiger partial charge in [0, 0.05) is 19.6 Å². The van der Waals surface area contributed by atoms with Gasteiger partial charge in [0.05, 0.1) is 19.8 Å². The Morgan fingerprint density at radius 3 is 2.57 bits per heavy atom. The van der Waals surface area contributed by atoms with Crippen molar-refractivity contribution in [1.82, 2.24) is 4.90 Å². The number of nitrogens with zero attached hydrogens (tertiary/aromatic N) is 1. The summed E-state index contributed by atoms with van der Waals surface area (Å²) in [6.45, 7) is 12.4. The van der Waals surface area contributed by atoms with Crippen LogP contribution in [0.5, 0.6) is 5.75 Å². The first-order chi connectivity index (χ1) is 9.55. The van der Waals surface area contributed by atoms with Gasteiger partial charge < -0.3 is 9.47 Å². The summed E-state index contributed by atoms with van der Waals surface area (Å²) >= 11 is 0. The molecule has 0 spiro atoms. The summed E-state index contributed by atoms with van der Waals surface area (Å²) < 4.78 is 11.2. The van der Waals surface area contributed by atoms with Gasteiger partial charge in [-0.15, -0.1) is 12.4 Å². The maximum absolute atomic E-state index is 5.87. The minimum atomic E-state index is 0. The van der Waals surface area contributed by atoms with Crippen molar-refractivity contribution in [2.75, 3.05) is 39.5 Å². The van der Waals surface area contributed by atoms with Gasteiger partial charge in [-0.3, -0.25) is 4.90 Å². The molecule has 120 valence electrons. The average molecular weight is 314 g/mol. The Bertz CT molecular complexity index is 411. The van der Waals surface area contributed by atoms with E-state index < -0.39 is 0 Å². The van der Waals surface area contributed by atoms with Crippen LogP contribution >= 0.6 is 12.4 Å². The number of hydrogen-bond donors (Lipinski definition) is 0. The van der Waals surface area contributed by atoms with E-state index in [9.17, 15) is 0 Å². The molecule has 0 atom stereocenters. The molecule has 1 aliphatic heterocycles. The van der Waals surface area contributed by atoms with Gasteiger partial charge in [0.25, 0.3) is 0 Å². The van der Waals surface area contributed by atoms with Crippen LogP contribution in [-0.2, 0) is 10.2 Å². The van der Waals surface area contributed by atoms with Gasteiger partial charge in [-0.1, -0.05) is 32.9 Å². The minimum absolute atomic E-state index is 0. The van der Waals surface area contributed by atoms with E-state index >= 15 is 0 Å². The normalized spacial score (nSPS) is 16.3. The molecule has 0 unspecified atom stereocenters. The molecule has 1 aromatic rings. The highest BCUT2D eigenvalue weighted by Gasteiger charge is 2.14. The van der Waals surface area contributed by atoms with Crippen LogP contribution in [0.3, 0.4) is 0 Å². The quantitative estimate of drug-likeness (QED) is 0.777. The highest BCUT2D eigenvalue weighted by Crippen LogP contribution is 2.25. The lowest BCUT2D eigenvalue weighted by molar-refractivity contribution is 0.0358. The molecular formula is C17H28ClNO2. The molecule has 1 saturated heterocycles. The van der Waals surface area contributed by atoms with E-state index in [0.717, 1.165) is 51.6 Å². The maximum atomic E-state index is 5.87. The van der Waals surface area contributed by atoms with Crippen LogP contribution in [0.15, 0.2) is 24.3 Å². The fourth-order valence-corrected chi connectivity index (χ4v) is 2.36. The summed E-state index contributed by atoms with van der Waals surface area (Å²) in [5.74, 6) is 0.986. The van der Waals surface area contributed by atoms with Crippen molar-refractivity contribution in [1.29, 1.82) is 0 Å². The third-order valence-electron chi connectivity index (χ3n) is 3.69. The molecule has 0 N–H and O–H groups in total. The van der Waals surface area contributed by atoms with E-state index in [-0.39, 0.29) is 17.8 Å². The number of hydrogen-bond acceptors (Lipinski definition) is 3. The number of halogens is 1. The first-order valence-corrected chi connectivity index (χ1v) is 7.59. The van der Waals surface area contributed by atoms with Gasteiger partial charge in [0.15, 0.2) is 0 Å². The van der Waals surface area contributed by atoms with E-state index in [2.05, 4.69) is 43.9 Å². The third-order valence-corrected chi connectivity index (χ3v) is 3.69. The molecule has 0 amide bonds. The Balaban J connectivity index is 0.00000220. The number of rotatable bonds is 5. The Labute approximate surface area is 135 Å². The molecule has 21 heavy (non-hydrogen) atoms. The van der Waals surface area contributed by atoms with Crippen molar-refractivity contribution >= 4 is 12.4 Å². The second-order valence-corrected chi connectivity index (χ2v) is 6.43. The minimum Gasteiger partial charge on any atom is -0.494 e. The second kappa shape index (κ2) is 8.62. The van der Waals surface area contributed by atoms with Gasteiger partial charge in [-0.25, -0.2) is 0 Å². The van der Waals surface area contributed by atoms with Crippen LogP contribution in [0.1, 0.15) is 32.8 Å². The highest BCUT2D eigenvalue weighted by atomic mass is 35.5. The van der Waals surface area contributed by atoms with Crippen LogP contribution in [0.4, 0.5) is 0 Å². The summed E-state index contributed by atoms with van der Waals surface area (Å²) in [6.07, 6.45) is 1.07. The van der Waals surface area contributed by atoms with Crippen molar-refractivity contribution < 1.29 is 9.47 Å². The summed E-state index contributed by atoms with van der Waals surface area (Å²) in [4.78, 5) is 2.44. The van der Waals surface area contributed by atoms with Gasteiger partial charge in [-0.2, -0.15) is 0 Å². The summed E-state index contributed by atoms with van der Waals surface area (Å²) in [5.41, 5.74) is 1.50. The zero-order valence-electron chi connectivity index (χ0n) is 13.4. The lowest BCUT2D eigenvalue weighted by atomic mass is 9.87. The van der Waals surface area contributed by atoms with E-state index in [1.807, 2.05) is 6.07 Å². The number of benzene rings is 1. The van der Waals surface area contributed by atoms with Crippen LogP contribution in [0.25, 0.3) is 0 Å². The topological polar surface area (TPSA) is 21.7 Å². The lowest BCUT2D eigenvalue weighted by Gasteiger charge is -2.26. The van der Waals surface area contributed by atoms with Crippen molar-refractivity contribution in [3.8, 4) is 5.75 Å². The monoisotopic (exact) mass is 313 g/mol. The Morgan fingerprint density at radius 1 is 1.19 bits per heavy atom. The van der Waals surface area contributed by atoms with Gasteiger partial charge >= 0.3 is 0 Å². The van der Waals surface area contributed by atoms with Crippen molar-refractivity contribution in [3.05, 3.63) is 29.8 Å². The number of ether oxygens (including phenoxy) is 2. The average Bonchev–Trinajstić information content (AvgIpc) is 2.44. The van der Waals surface area contributed by atoms with Crippen molar-refractivity contribution in [3.63, 3.8) is 0 Å². The van der Waals surface area contributed by atoms with E-state index in [1.165, 1.54) is 5.56 Å². The van der Waals surface area contributed by atoms with E-state index in [4.69, 9.17) is 9.47 Å². The molecule has 1 fully saturated rings. The standard InChI is InChI=1S/C17H27NO2.ClH/c1-17(2,3)15-6-4-7-16(14-15)20-11-5-8-18-9-12-19-13-10-18;/h4,6-7,14H,5,8-13H2,1-3H3;1H. The van der Waals surface area contributed by atoms with Gasteiger partial charge in [0.1, 0.15) is 5.75 Å².